The maximum Gasteiger partial charge on any atom is 0.363 e. The summed E-state index contributed by atoms with van der Waals surface area (Å²) in [6.07, 6.45) is 0. The van der Waals surface area contributed by atoms with Crippen LogP contribution in [-0.4, -0.2) is 17.8 Å². The monoisotopic (exact) mass is 295 g/mol. The summed E-state index contributed by atoms with van der Waals surface area (Å²) in [5, 5.41) is 0.810. The van der Waals surface area contributed by atoms with Crippen LogP contribution >= 0.6 is 0 Å². The number of hydrogen-bond donors (Lipinski definition) is 0. The number of carbonyl (C=O) groups is 1. The third-order valence-corrected chi connectivity index (χ3v) is 3.26. The minimum Gasteiger partial charge on any atom is -0.497 e. The normalized spacial score (nSPS) is 10.4. The molecule has 22 heavy (non-hydrogen) atoms. The van der Waals surface area contributed by atoms with Crippen LogP contribution in [0.2, 0.25) is 0 Å². The van der Waals surface area contributed by atoms with Crippen LogP contribution in [0, 0.1) is 0 Å². The van der Waals surface area contributed by atoms with Gasteiger partial charge in [-0.25, -0.2) is 4.79 Å². The highest BCUT2D eigenvalue weighted by Crippen LogP contribution is 2.13. The van der Waals surface area contributed by atoms with Crippen molar-refractivity contribution < 1.29 is 14.4 Å². The molecule has 5 heteroatoms. The summed E-state index contributed by atoms with van der Waals surface area (Å²) in [6, 6.07) is 16.7. The first-order chi connectivity index (χ1) is 10.7. The maximum absolute atomic E-state index is 12.2. The number of hydrogen-bond acceptors (Lipinski definition) is 4. The molecule has 0 saturated heterocycles. The first-order valence-electron chi connectivity index (χ1n) is 6.66. The Kier molecular flexibility index (Phi) is 3.62. The van der Waals surface area contributed by atoms with E-state index in [0.717, 1.165) is 10.1 Å². The molecule has 110 valence electrons. The van der Waals surface area contributed by atoms with Crippen molar-refractivity contribution in [3.8, 4) is 5.75 Å². The Bertz CT molecular complexity index is 881. The van der Waals surface area contributed by atoms with Crippen LogP contribution in [-0.2, 0) is 0 Å². The Morgan fingerprint density at radius 3 is 2.41 bits per heavy atom. The van der Waals surface area contributed by atoms with E-state index in [1.807, 2.05) is 12.1 Å². The zero-order valence-electron chi connectivity index (χ0n) is 11.9. The van der Waals surface area contributed by atoms with E-state index in [4.69, 9.17) is 9.57 Å². The Hall–Kier alpha value is -3.08. The quantitative estimate of drug-likeness (QED) is 0.744. The number of para-hydroxylation sites is 1. The lowest BCUT2D eigenvalue weighted by atomic mass is 10.2. The van der Waals surface area contributed by atoms with Crippen molar-refractivity contribution in [2.75, 3.05) is 7.11 Å². The summed E-state index contributed by atoms with van der Waals surface area (Å²) >= 11 is 0. The van der Waals surface area contributed by atoms with Crippen LogP contribution in [0.4, 0.5) is 0 Å². The fourth-order valence-electron chi connectivity index (χ4n) is 2.12. The Morgan fingerprint density at radius 1 is 0.955 bits per heavy atom. The molecule has 2 aromatic carbocycles. The summed E-state index contributed by atoms with van der Waals surface area (Å²) in [5.41, 5.74) is 0.470. The van der Waals surface area contributed by atoms with Gasteiger partial charge in [0.15, 0.2) is 0 Å². The molecule has 5 nitrogen and oxygen atoms in total. The molecule has 0 amide bonds. The second-order valence-corrected chi connectivity index (χ2v) is 4.63. The van der Waals surface area contributed by atoms with Crippen LogP contribution in [0.15, 0.2) is 65.5 Å². The lowest BCUT2D eigenvalue weighted by Crippen LogP contribution is -2.30. The minimum atomic E-state index is -0.610. The fraction of sp³-hybridized carbons (Fsp3) is 0.0588. The smallest absolute Gasteiger partial charge is 0.363 e. The van der Waals surface area contributed by atoms with Crippen LogP contribution in [0.3, 0.4) is 0 Å². The number of rotatable bonds is 3. The van der Waals surface area contributed by atoms with E-state index in [1.54, 1.807) is 49.6 Å². The summed E-state index contributed by atoms with van der Waals surface area (Å²) in [7, 11) is 1.54. The summed E-state index contributed by atoms with van der Waals surface area (Å²) < 4.78 is 6.04. The number of methoxy groups -OCH3 is 1. The predicted octanol–water partition coefficient (Wildman–Crippen LogP) is 2.28. The number of benzene rings is 2. The summed E-state index contributed by atoms with van der Waals surface area (Å²) in [6.45, 7) is 0. The molecule has 3 rings (SSSR count). The van der Waals surface area contributed by atoms with Gasteiger partial charge in [-0.2, -0.15) is 0 Å². The Morgan fingerprint density at radius 2 is 1.68 bits per heavy atom. The highest BCUT2D eigenvalue weighted by molar-refractivity contribution is 5.90. The molecule has 0 saturated carbocycles. The fourth-order valence-corrected chi connectivity index (χ4v) is 2.12. The van der Waals surface area contributed by atoms with Gasteiger partial charge in [0, 0.05) is 11.5 Å². The summed E-state index contributed by atoms with van der Waals surface area (Å²) in [5.74, 6) is 0.0278. The van der Waals surface area contributed by atoms with E-state index >= 15 is 0 Å². The second-order valence-electron chi connectivity index (χ2n) is 4.63. The highest BCUT2D eigenvalue weighted by atomic mass is 16.7. The lowest BCUT2D eigenvalue weighted by Gasteiger charge is -2.09. The van der Waals surface area contributed by atoms with E-state index in [1.165, 1.54) is 6.07 Å². The van der Waals surface area contributed by atoms with E-state index < -0.39 is 11.5 Å². The van der Waals surface area contributed by atoms with Gasteiger partial charge in [-0.15, -0.1) is 4.73 Å². The third kappa shape index (κ3) is 2.56. The molecular weight excluding hydrogens is 282 g/mol. The largest absolute Gasteiger partial charge is 0.497 e. The van der Waals surface area contributed by atoms with Gasteiger partial charge in [0.25, 0.3) is 5.56 Å². The van der Waals surface area contributed by atoms with Gasteiger partial charge in [-0.1, -0.05) is 18.2 Å². The molecule has 0 atom stereocenters. The van der Waals surface area contributed by atoms with Gasteiger partial charge in [0.1, 0.15) is 5.75 Å². The van der Waals surface area contributed by atoms with Gasteiger partial charge in [-0.05, 0) is 36.4 Å². The maximum atomic E-state index is 12.2. The van der Waals surface area contributed by atoms with Crippen LogP contribution in [0.1, 0.15) is 10.4 Å². The van der Waals surface area contributed by atoms with Gasteiger partial charge < -0.3 is 9.57 Å². The first-order valence-corrected chi connectivity index (χ1v) is 6.66. The molecule has 0 N–H and O–H groups in total. The standard InChI is InChI=1S/C17H13NO4/c1-21-14-9-6-13(7-10-14)17(20)22-18-15-5-3-2-4-12(15)8-11-16(18)19/h2-11H,1H3. The average molecular weight is 295 g/mol. The van der Waals surface area contributed by atoms with Crippen molar-refractivity contribution in [2.24, 2.45) is 0 Å². The molecule has 0 radical (unpaired) electrons. The molecular formula is C17H13NO4. The molecule has 0 fully saturated rings. The number of aromatic nitrogens is 1. The SMILES string of the molecule is COc1ccc(C(=O)On2c(=O)ccc3ccccc32)cc1. The van der Waals surface area contributed by atoms with Crippen molar-refractivity contribution in [3.05, 3.63) is 76.6 Å². The third-order valence-electron chi connectivity index (χ3n) is 3.26. The molecule has 0 aliphatic carbocycles. The number of fused-ring (bicyclic) bond motifs is 1. The molecule has 1 heterocycles. The molecule has 0 aliphatic heterocycles. The van der Waals surface area contributed by atoms with Crippen molar-refractivity contribution in [1.29, 1.82) is 0 Å². The average Bonchev–Trinajstić information content (AvgIpc) is 2.57. The molecule has 0 spiro atoms. The Balaban J connectivity index is 1.97. The van der Waals surface area contributed by atoms with Gasteiger partial charge >= 0.3 is 5.97 Å². The van der Waals surface area contributed by atoms with Crippen molar-refractivity contribution in [2.45, 2.75) is 0 Å². The molecule has 3 aromatic rings. The zero-order chi connectivity index (χ0) is 15.5. The van der Waals surface area contributed by atoms with Gasteiger partial charge in [0.05, 0.1) is 18.2 Å². The van der Waals surface area contributed by atoms with Crippen LogP contribution in [0.5, 0.6) is 5.75 Å². The van der Waals surface area contributed by atoms with Gasteiger partial charge in [0.2, 0.25) is 0 Å². The number of pyridine rings is 1. The predicted molar refractivity (Wildman–Crippen MR) is 82.1 cm³/mol. The molecule has 1 aromatic heterocycles. The van der Waals surface area contributed by atoms with E-state index in [0.29, 0.717) is 16.8 Å². The van der Waals surface area contributed by atoms with Crippen molar-refractivity contribution in [1.82, 2.24) is 4.73 Å². The molecule has 0 bridgehead atoms. The van der Waals surface area contributed by atoms with Crippen LogP contribution in [0.25, 0.3) is 10.9 Å². The lowest BCUT2D eigenvalue weighted by molar-refractivity contribution is 0.0466. The van der Waals surface area contributed by atoms with Crippen molar-refractivity contribution >= 4 is 16.9 Å². The topological polar surface area (TPSA) is 57.5 Å². The Labute approximate surface area is 126 Å². The van der Waals surface area contributed by atoms with Crippen LogP contribution < -0.4 is 15.1 Å². The minimum absolute atomic E-state index is 0.334. The van der Waals surface area contributed by atoms with E-state index in [2.05, 4.69) is 0 Å². The summed E-state index contributed by atoms with van der Waals surface area (Å²) in [4.78, 5) is 29.4. The molecule has 0 unspecified atom stereocenters. The van der Waals surface area contributed by atoms with E-state index in [-0.39, 0.29) is 0 Å². The number of carbonyl (C=O) groups excluding carboxylic acids is 1. The highest BCUT2D eigenvalue weighted by Gasteiger charge is 2.12. The first kappa shape index (κ1) is 13.9. The van der Waals surface area contributed by atoms with E-state index in [9.17, 15) is 9.59 Å². The van der Waals surface area contributed by atoms with Gasteiger partial charge in [-0.3, -0.25) is 4.79 Å². The number of nitrogens with zero attached hydrogens (tertiary/aromatic N) is 1. The number of ether oxygens (including phenoxy) is 1. The zero-order valence-corrected chi connectivity index (χ0v) is 11.9. The second kappa shape index (κ2) is 5.73. The molecule has 0 aliphatic rings. The van der Waals surface area contributed by atoms with Crippen molar-refractivity contribution in [3.63, 3.8) is 0 Å².